The smallest absolute Gasteiger partial charge is 0.303 e. The van der Waals surface area contributed by atoms with Gasteiger partial charge in [-0.3, -0.25) is 14.4 Å². The van der Waals surface area contributed by atoms with Gasteiger partial charge in [0, 0.05) is 51.3 Å². The van der Waals surface area contributed by atoms with Crippen LogP contribution in [0.1, 0.15) is 34.3 Å². The summed E-state index contributed by atoms with van der Waals surface area (Å²) in [6.07, 6.45) is -0.563. The Kier molecular flexibility index (Phi) is 7.94. The molecule has 0 radical (unpaired) electrons. The molecule has 0 N–H and O–H groups in total. The van der Waals surface area contributed by atoms with E-state index in [2.05, 4.69) is 0 Å². The molecule has 1 aliphatic heterocycles. The van der Waals surface area contributed by atoms with E-state index >= 15 is 0 Å². The summed E-state index contributed by atoms with van der Waals surface area (Å²) in [6, 6.07) is 12.8. The Morgan fingerprint density at radius 3 is 2.29 bits per heavy atom. The first-order valence-electron chi connectivity index (χ1n) is 11.2. The van der Waals surface area contributed by atoms with Gasteiger partial charge in [-0.25, -0.2) is 0 Å². The van der Waals surface area contributed by atoms with Crippen molar-refractivity contribution in [2.75, 3.05) is 53.3 Å². The number of rotatable bonds is 7. The van der Waals surface area contributed by atoms with Crippen molar-refractivity contribution < 1.29 is 23.9 Å². The van der Waals surface area contributed by atoms with Gasteiger partial charge in [0.1, 0.15) is 5.75 Å². The van der Waals surface area contributed by atoms with Crippen LogP contribution in [0.5, 0.6) is 5.75 Å². The minimum Gasteiger partial charge on any atom is -0.497 e. The van der Waals surface area contributed by atoms with Crippen molar-refractivity contribution in [3.8, 4) is 5.75 Å². The van der Waals surface area contributed by atoms with Crippen LogP contribution in [0.4, 0.5) is 5.69 Å². The largest absolute Gasteiger partial charge is 0.497 e. The standard InChI is InChI=1S/C26H33N3O5/c1-17(30)34-24-22(18-7-10-21(33-6)11-8-18)16-20-15-19(25(31)28(4)5)9-12-23(20)29(26(24)32)14-13-27(2)3/h7-12,15,22,24H,13-14,16H2,1-6H3. The highest BCUT2D eigenvalue weighted by Gasteiger charge is 2.40. The Morgan fingerprint density at radius 2 is 1.74 bits per heavy atom. The van der Waals surface area contributed by atoms with Crippen LogP contribution in [-0.4, -0.2) is 82.1 Å². The van der Waals surface area contributed by atoms with E-state index < -0.39 is 18.0 Å². The number of benzene rings is 2. The molecule has 0 aromatic heterocycles. The lowest BCUT2D eigenvalue weighted by Crippen LogP contribution is -2.45. The molecular formula is C26H33N3O5. The van der Waals surface area contributed by atoms with Gasteiger partial charge >= 0.3 is 5.97 Å². The van der Waals surface area contributed by atoms with Gasteiger partial charge in [0.05, 0.1) is 7.11 Å². The molecule has 8 heteroatoms. The summed E-state index contributed by atoms with van der Waals surface area (Å²) in [6.45, 7) is 2.37. The molecule has 182 valence electrons. The molecule has 0 bridgehead atoms. The average molecular weight is 468 g/mol. The fourth-order valence-corrected chi connectivity index (χ4v) is 4.18. The molecule has 1 aliphatic rings. The van der Waals surface area contributed by atoms with Crippen LogP contribution in [0.25, 0.3) is 0 Å². The predicted molar refractivity (Wildman–Crippen MR) is 130 cm³/mol. The summed E-state index contributed by atoms with van der Waals surface area (Å²) >= 11 is 0. The molecule has 2 unspecified atom stereocenters. The first-order chi connectivity index (χ1) is 16.1. The second-order valence-corrected chi connectivity index (χ2v) is 8.95. The average Bonchev–Trinajstić information content (AvgIpc) is 2.91. The van der Waals surface area contributed by atoms with Gasteiger partial charge in [0.15, 0.2) is 6.10 Å². The Morgan fingerprint density at radius 1 is 1.06 bits per heavy atom. The second-order valence-electron chi connectivity index (χ2n) is 8.95. The number of nitrogens with zero attached hydrogens (tertiary/aromatic N) is 3. The number of hydrogen-bond donors (Lipinski definition) is 0. The van der Waals surface area contributed by atoms with Gasteiger partial charge in [0.25, 0.3) is 11.8 Å². The van der Waals surface area contributed by atoms with Crippen molar-refractivity contribution in [3.05, 3.63) is 59.2 Å². The molecular weight excluding hydrogens is 434 g/mol. The Bertz CT molecular complexity index is 1050. The zero-order valence-corrected chi connectivity index (χ0v) is 20.7. The van der Waals surface area contributed by atoms with Gasteiger partial charge in [-0.2, -0.15) is 0 Å². The minimum absolute atomic E-state index is 0.115. The summed E-state index contributed by atoms with van der Waals surface area (Å²) in [7, 11) is 8.88. The van der Waals surface area contributed by atoms with E-state index in [9.17, 15) is 14.4 Å². The fourth-order valence-electron chi connectivity index (χ4n) is 4.18. The Balaban J connectivity index is 2.15. The summed E-state index contributed by atoms with van der Waals surface area (Å²) in [5, 5.41) is 0. The number of hydrogen-bond acceptors (Lipinski definition) is 6. The van der Waals surface area contributed by atoms with E-state index in [-0.39, 0.29) is 11.8 Å². The topological polar surface area (TPSA) is 79.4 Å². The van der Waals surface area contributed by atoms with Gasteiger partial charge in [-0.1, -0.05) is 12.1 Å². The number of ether oxygens (including phenoxy) is 2. The molecule has 2 aromatic carbocycles. The van der Waals surface area contributed by atoms with E-state index in [0.29, 0.717) is 30.8 Å². The van der Waals surface area contributed by atoms with E-state index in [4.69, 9.17) is 9.47 Å². The molecule has 2 atom stereocenters. The Hall–Kier alpha value is -3.39. The molecule has 0 saturated heterocycles. The maximum absolute atomic E-state index is 13.8. The van der Waals surface area contributed by atoms with Crippen LogP contribution < -0.4 is 9.64 Å². The quantitative estimate of drug-likeness (QED) is 0.583. The molecule has 34 heavy (non-hydrogen) atoms. The highest BCUT2D eigenvalue weighted by Crippen LogP contribution is 2.37. The van der Waals surface area contributed by atoms with Crippen LogP contribution in [0.15, 0.2) is 42.5 Å². The molecule has 1 heterocycles. The first kappa shape index (κ1) is 25.2. The van der Waals surface area contributed by atoms with Crippen LogP contribution in [0, 0.1) is 0 Å². The number of carbonyl (C=O) groups excluding carboxylic acids is 3. The molecule has 2 amide bonds. The van der Waals surface area contributed by atoms with Crippen LogP contribution in [0.3, 0.4) is 0 Å². The van der Waals surface area contributed by atoms with Crippen LogP contribution in [-0.2, 0) is 20.7 Å². The molecule has 8 nitrogen and oxygen atoms in total. The number of carbonyl (C=O) groups is 3. The highest BCUT2D eigenvalue weighted by molar-refractivity contribution is 6.01. The molecule has 2 aromatic rings. The lowest BCUT2D eigenvalue weighted by Gasteiger charge is -2.29. The van der Waals surface area contributed by atoms with E-state index in [0.717, 1.165) is 16.8 Å². The van der Waals surface area contributed by atoms with E-state index in [1.807, 2.05) is 55.4 Å². The summed E-state index contributed by atoms with van der Waals surface area (Å²) in [5.74, 6) is -0.632. The van der Waals surface area contributed by atoms with Gasteiger partial charge in [-0.15, -0.1) is 0 Å². The number of esters is 1. The molecule has 0 fully saturated rings. The summed E-state index contributed by atoms with van der Waals surface area (Å²) in [5.41, 5.74) is 2.99. The van der Waals surface area contributed by atoms with Crippen LogP contribution >= 0.6 is 0 Å². The van der Waals surface area contributed by atoms with Crippen molar-refractivity contribution in [1.29, 1.82) is 0 Å². The predicted octanol–water partition coefficient (Wildman–Crippen LogP) is 2.56. The van der Waals surface area contributed by atoms with Gasteiger partial charge in [0.2, 0.25) is 0 Å². The Labute approximate surface area is 201 Å². The normalized spacial score (nSPS) is 17.7. The fraction of sp³-hybridized carbons (Fsp3) is 0.423. The third-order valence-electron chi connectivity index (χ3n) is 5.95. The lowest BCUT2D eigenvalue weighted by molar-refractivity contribution is -0.154. The SMILES string of the molecule is COc1ccc(C2Cc3cc(C(=O)N(C)C)ccc3N(CCN(C)C)C(=O)C2OC(C)=O)cc1. The maximum atomic E-state index is 13.8. The number of methoxy groups -OCH3 is 1. The number of fused-ring (bicyclic) bond motifs is 1. The maximum Gasteiger partial charge on any atom is 0.303 e. The van der Waals surface area contributed by atoms with Crippen LogP contribution in [0.2, 0.25) is 0 Å². The minimum atomic E-state index is -0.992. The summed E-state index contributed by atoms with van der Waals surface area (Å²) in [4.78, 5) is 43.7. The van der Waals surface area contributed by atoms with E-state index in [1.54, 1.807) is 32.2 Å². The molecule has 0 aliphatic carbocycles. The third-order valence-corrected chi connectivity index (χ3v) is 5.95. The zero-order valence-electron chi connectivity index (χ0n) is 20.7. The number of anilines is 1. The van der Waals surface area contributed by atoms with Crippen molar-refractivity contribution in [3.63, 3.8) is 0 Å². The molecule has 0 spiro atoms. The van der Waals surface area contributed by atoms with E-state index in [1.165, 1.54) is 11.8 Å². The van der Waals surface area contributed by atoms with Crippen molar-refractivity contribution in [1.82, 2.24) is 9.80 Å². The van der Waals surface area contributed by atoms with Gasteiger partial charge < -0.3 is 24.2 Å². The highest BCUT2D eigenvalue weighted by atomic mass is 16.5. The second kappa shape index (κ2) is 10.7. The monoisotopic (exact) mass is 467 g/mol. The number of likely N-dealkylation sites (N-methyl/N-ethyl adjacent to an activating group) is 1. The third kappa shape index (κ3) is 5.56. The lowest BCUT2D eigenvalue weighted by atomic mass is 9.87. The number of amides is 2. The first-order valence-corrected chi connectivity index (χ1v) is 11.2. The zero-order chi connectivity index (χ0) is 25.0. The van der Waals surface area contributed by atoms with Crippen molar-refractivity contribution in [2.24, 2.45) is 0 Å². The van der Waals surface area contributed by atoms with Crippen molar-refractivity contribution in [2.45, 2.75) is 25.4 Å². The molecule has 3 rings (SSSR count). The summed E-state index contributed by atoms with van der Waals surface area (Å²) < 4.78 is 10.9. The van der Waals surface area contributed by atoms with Gasteiger partial charge in [-0.05, 0) is 62.0 Å². The van der Waals surface area contributed by atoms with Crippen molar-refractivity contribution >= 4 is 23.5 Å². The molecule has 0 saturated carbocycles.